The zero-order valence-corrected chi connectivity index (χ0v) is 13.8. The van der Waals surface area contributed by atoms with Crippen molar-refractivity contribution in [3.8, 4) is 0 Å². The summed E-state index contributed by atoms with van der Waals surface area (Å²) in [5.74, 6) is -1.38. The molecule has 0 saturated carbocycles. The fourth-order valence-electron chi connectivity index (χ4n) is 2.17. The van der Waals surface area contributed by atoms with E-state index in [2.05, 4.69) is 5.32 Å². The zero-order valence-electron chi connectivity index (χ0n) is 13.8. The molecule has 0 spiro atoms. The van der Waals surface area contributed by atoms with Gasteiger partial charge in [0.25, 0.3) is 0 Å². The van der Waals surface area contributed by atoms with Crippen molar-refractivity contribution < 1.29 is 19.4 Å². The molecule has 0 aliphatic rings. The van der Waals surface area contributed by atoms with E-state index in [1.807, 2.05) is 30.3 Å². The molecule has 0 saturated heterocycles. The average Bonchev–Trinajstić information content (AvgIpc) is 2.36. The number of carbonyl (C=O) groups excluding carboxylic acids is 1. The molecule has 0 heterocycles. The van der Waals surface area contributed by atoms with Crippen molar-refractivity contribution in [1.82, 2.24) is 5.32 Å². The lowest BCUT2D eigenvalue weighted by molar-refractivity contribution is -0.147. The van der Waals surface area contributed by atoms with Crippen molar-refractivity contribution in [2.75, 3.05) is 0 Å². The zero-order chi connectivity index (χ0) is 17.0. The molecule has 1 amide bonds. The van der Waals surface area contributed by atoms with E-state index in [1.54, 1.807) is 34.6 Å². The van der Waals surface area contributed by atoms with Gasteiger partial charge in [-0.25, -0.2) is 9.59 Å². The Morgan fingerprint density at radius 3 is 2.14 bits per heavy atom. The predicted molar refractivity (Wildman–Crippen MR) is 84.7 cm³/mol. The highest BCUT2D eigenvalue weighted by Crippen LogP contribution is 2.24. The second kappa shape index (κ2) is 6.81. The fraction of sp³-hybridized carbons (Fsp3) is 0.529. The van der Waals surface area contributed by atoms with Crippen LogP contribution in [0, 0.1) is 5.92 Å². The molecule has 0 aromatic heterocycles. The summed E-state index contributed by atoms with van der Waals surface area (Å²) in [4.78, 5) is 24.0. The highest BCUT2D eigenvalue weighted by molar-refractivity contribution is 5.85. The van der Waals surface area contributed by atoms with Gasteiger partial charge in [-0.1, -0.05) is 44.2 Å². The number of amides is 1. The number of rotatable bonds is 5. The van der Waals surface area contributed by atoms with E-state index >= 15 is 0 Å². The Balaban J connectivity index is 3.06. The van der Waals surface area contributed by atoms with E-state index in [0.717, 1.165) is 5.56 Å². The van der Waals surface area contributed by atoms with Crippen LogP contribution < -0.4 is 5.32 Å². The van der Waals surface area contributed by atoms with Crippen LogP contribution in [0.1, 0.15) is 40.2 Å². The number of benzene rings is 1. The summed E-state index contributed by atoms with van der Waals surface area (Å²) in [6, 6.07) is 9.24. The molecule has 0 aliphatic carbocycles. The molecule has 2 N–H and O–H groups in total. The van der Waals surface area contributed by atoms with Crippen molar-refractivity contribution >= 4 is 12.1 Å². The topological polar surface area (TPSA) is 75.6 Å². The van der Waals surface area contributed by atoms with Gasteiger partial charge in [0.05, 0.1) is 0 Å². The third-order valence-electron chi connectivity index (χ3n) is 3.42. The van der Waals surface area contributed by atoms with Crippen LogP contribution in [-0.4, -0.2) is 28.3 Å². The standard InChI is InChI=1S/C17H25NO4/c1-12(2)17(14(19)20,11-13-9-7-6-8-10-13)18-15(21)22-16(3,4)5/h6-10,12H,11H2,1-5H3,(H,18,21)(H,19,20)/t17-/m1/s1. The fourth-order valence-corrected chi connectivity index (χ4v) is 2.17. The van der Waals surface area contributed by atoms with E-state index in [1.165, 1.54) is 0 Å². The summed E-state index contributed by atoms with van der Waals surface area (Å²) in [6.07, 6.45) is -0.528. The summed E-state index contributed by atoms with van der Waals surface area (Å²) < 4.78 is 5.22. The van der Waals surface area contributed by atoms with Crippen LogP contribution in [0.5, 0.6) is 0 Å². The molecule has 5 heteroatoms. The largest absolute Gasteiger partial charge is 0.479 e. The van der Waals surface area contributed by atoms with Crippen LogP contribution in [0.3, 0.4) is 0 Å². The van der Waals surface area contributed by atoms with E-state index in [9.17, 15) is 14.7 Å². The Morgan fingerprint density at radius 2 is 1.73 bits per heavy atom. The number of carboxylic acid groups (broad SMARTS) is 1. The first-order valence-corrected chi connectivity index (χ1v) is 7.35. The average molecular weight is 307 g/mol. The highest BCUT2D eigenvalue weighted by Gasteiger charge is 2.44. The lowest BCUT2D eigenvalue weighted by atomic mass is 9.81. The quantitative estimate of drug-likeness (QED) is 0.875. The number of hydrogen-bond acceptors (Lipinski definition) is 3. The first kappa shape index (κ1) is 18.0. The molecular formula is C17H25NO4. The van der Waals surface area contributed by atoms with E-state index in [4.69, 9.17) is 4.74 Å². The first-order valence-electron chi connectivity index (χ1n) is 7.35. The molecule has 5 nitrogen and oxygen atoms in total. The van der Waals surface area contributed by atoms with Gasteiger partial charge in [0, 0.05) is 6.42 Å². The second-order valence-corrected chi connectivity index (χ2v) is 6.72. The van der Waals surface area contributed by atoms with Gasteiger partial charge in [-0.15, -0.1) is 0 Å². The number of carboxylic acids is 1. The summed E-state index contributed by atoms with van der Waals surface area (Å²) in [7, 11) is 0. The van der Waals surface area contributed by atoms with Gasteiger partial charge in [-0.05, 0) is 32.3 Å². The molecule has 0 unspecified atom stereocenters. The predicted octanol–water partition coefficient (Wildman–Crippen LogP) is 3.23. The Bertz CT molecular complexity index is 519. The van der Waals surface area contributed by atoms with Crippen LogP contribution in [0.25, 0.3) is 0 Å². The third-order valence-corrected chi connectivity index (χ3v) is 3.42. The molecule has 1 aromatic rings. The van der Waals surface area contributed by atoms with Crippen molar-refractivity contribution in [2.45, 2.75) is 52.2 Å². The van der Waals surface area contributed by atoms with Crippen LogP contribution in [-0.2, 0) is 16.0 Å². The van der Waals surface area contributed by atoms with Crippen molar-refractivity contribution in [1.29, 1.82) is 0 Å². The minimum atomic E-state index is -1.41. The summed E-state index contributed by atoms with van der Waals surface area (Å²) >= 11 is 0. The normalized spacial score (nSPS) is 14.3. The van der Waals surface area contributed by atoms with Crippen LogP contribution in [0.15, 0.2) is 30.3 Å². The van der Waals surface area contributed by atoms with E-state index < -0.39 is 23.2 Å². The maximum Gasteiger partial charge on any atom is 0.408 e. The lowest BCUT2D eigenvalue weighted by Gasteiger charge is -2.35. The van der Waals surface area contributed by atoms with Gasteiger partial charge in [0.15, 0.2) is 0 Å². The van der Waals surface area contributed by atoms with Gasteiger partial charge < -0.3 is 15.2 Å². The molecule has 0 bridgehead atoms. The smallest absolute Gasteiger partial charge is 0.408 e. The number of alkyl carbamates (subject to hydrolysis) is 1. The SMILES string of the molecule is CC(C)[C@@](Cc1ccccc1)(NC(=O)OC(C)(C)C)C(=O)O. The van der Waals surface area contributed by atoms with Gasteiger partial charge in [0.2, 0.25) is 0 Å². The Labute approximate surface area is 131 Å². The van der Waals surface area contributed by atoms with Gasteiger partial charge >= 0.3 is 12.1 Å². The lowest BCUT2D eigenvalue weighted by Crippen LogP contribution is -2.60. The number of hydrogen-bond donors (Lipinski definition) is 2. The van der Waals surface area contributed by atoms with Crippen molar-refractivity contribution in [3.63, 3.8) is 0 Å². The number of aliphatic carboxylic acids is 1. The van der Waals surface area contributed by atoms with Gasteiger partial charge in [-0.2, -0.15) is 0 Å². The Morgan fingerprint density at radius 1 is 1.18 bits per heavy atom. The maximum atomic E-state index is 12.1. The molecule has 1 aromatic carbocycles. The van der Waals surface area contributed by atoms with E-state index in [-0.39, 0.29) is 12.3 Å². The molecule has 1 rings (SSSR count). The minimum Gasteiger partial charge on any atom is -0.479 e. The van der Waals surface area contributed by atoms with Crippen LogP contribution in [0.2, 0.25) is 0 Å². The first-order chi connectivity index (χ1) is 10.1. The molecular weight excluding hydrogens is 282 g/mol. The summed E-state index contributed by atoms with van der Waals surface area (Å²) in [6.45, 7) is 8.76. The second-order valence-electron chi connectivity index (χ2n) is 6.72. The molecule has 22 heavy (non-hydrogen) atoms. The minimum absolute atomic E-state index is 0.195. The summed E-state index contributed by atoms with van der Waals surface area (Å²) in [5, 5.41) is 12.3. The number of nitrogens with one attached hydrogen (secondary N) is 1. The monoisotopic (exact) mass is 307 g/mol. The van der Waals surface area contributed by atoms with Crippen LogP contribution >= 0.6 is 0 Å². The molecule has 0 fully saturated rings. The molecule has 0 radical (unpaired) electrons. The van der Waals surface area contributed by atoms with Crippen LogP contribution in [0.4, 0.5) is 4.79 Å². The molecule has 122 valence electrons. The third kappa shape index (κ3) is 4.76. The highest BCUT2D eigenvalue weighted by atomic mass is 16.6. The van der Waals surface area contributed by atoms with Crippen molar-refractivity contribution in [3.05, 3.63) is 35.9 Å². The molecule has 0 aliphatic heterocycles. The maximum absolute atomic E-state index is 12.1. The van der Waals surface area contributed by atoms with Gasteiger partial charge in [0.1, 0.15) is 11.1 Å². The van der Waals surface area contributed by atoms with E-state index in [0.29, 0.717) is 0 Å². The van der Waals surface area contributed by atoms with Crippen molar-refractivity contribution in [2.24, 2.45) is 5.92 Å². The number of ether oxygens (including phenoxy) is 1. The Hall–Kier alpha value is -2.04. The molecule has 1 atom stereocenters. The summed E-state index contributed by atoms with van der Waals surface area (Å²) in [5.41, 5.74) is -1.25. The van der Waals surface area contributed by atoms with Gasteiger partial charge in [-0.3, -0.25) is 0 Å². The number of carbonyl (C=O) groups is 2. The Kier molecular flexibility index (Phi) is 5.58.